The first kappa shape index (κ1) is 17.9. The summed E-state index contributed by atoms with van der Waals surface area (Å²) in [5.41, 5.74) is 0.427. The van der Waals surface area contributed by atoms with Crippen LogP contribution >= 0.6 is 22.7 Å². The smallest absolute Gasteiger partial charge is 0.321 e. The number of thiophene rings is 2. The maximum absolute atomic E-state index is 13.3. The van der Waals surface area contributed by atoms with Crippen molar-refractivity contribution in [3.8, 4) is 0 Å². The van der Waals surface area contributed by atoms with Gasteiger partial charge in [0.1, 0.15) is 5.82 Å². The highest BCUT2D eigenvalue weighted by molar-refractivity contribution is 7.27. The molecule has 0 radical (unpaired) electrons. The molecule has 1 fully saturated rings. The van der Waals surface area contributed by atoms with Gasteiger partial charge in [0.25, 0.3) is 5.91 Å². The zero-order valence-electron chi connectivity index (χ0n) is 14.5. The van der Waals surface area contributed by atoms with Crippen LogP contribution < -0.4 is 5.32 Å². The summed E-state index contributed by atoms with van der Waals surface area (Å²) in [6.45, 7) is 2.12. The second-order valence-corrected chi connectivity index (χ2v) is 8.36. The molecule has 27 heavy (non-hydrogen) atoms. The van der Waals surface area contributed by atoms with Crippen LogP contribution in [0.25, 0.3) is 9.40 Å². The number of urea groups is 1. The van der Waals surface area contributed by atoms with E-state index in [1.54, 1.807) is 28.4 Å². The molecule has 0 aliphatic carbocycles. The van der Waals surface area contributed by atoms with E-state index < -0.39 is 5.82 Å². The van der Waals surface area contributed by atoms with Crippen molar-refractivity contribution in [2.75, 3.05) is 31.5 Å². The topological polar surface area (TPSA) is 52.7 Å². The molecule has 4 rings (SSSR count). The number of carbonyl (C=O) groups excluding carboxylic acids is 2. The third-order valence-electron chi connectivity index (χ3n) is 4.50. The van der Waals surface area contributed by atoms with Gasteiger partial charge < -0.3 is 15.1 Å². The van der Waals surface area contributed by atoms with Gasteiger partial charge in [-0.3, -0.25) is 4.79 Å². The van der Waals surface area contributed by atoms with Gasteiger partial charge in [0.05, 0.1) is 4.88 Å². The molecule has 5 nitrogen and oxygen atoms in total. The summed E-state index contributed by atoms with van der Waals surface area (Å²) < 4.78 is 15.5. The molecule has 1 N–H and O–H groups in total. The Bertz CT molecular complexity index is 956. The number of hydrogen-bond donors (Lipinski definition) is 1. The number of amides is 3. The monoisotopic (exact) mass is 403 g/mol. The number of anilines is 1. The molecule has 3 aromatic rings. The van der Waals surface area contributed by atoms with Crippen molar-refractivity contribution in [3.63, 3.8) is 0 Å². The molecular weight excluding hydrogens is 385 g/mol. The van der Waals surface area contributed by atoms with Crippen LogP contribution in [0.4, 0.5) is 14.9 Å². The van der Waals surface area contributed by atoms with Gasteiger partial charge in [-0.25, -0.2) is 9.18 Å². The molecule has 0 atom stereocenters. The molecule has 2 aromatic heterocycles. The van der Waals surface area contributed by atoms with Crippen LogP contribution in [-0.4, -0.2) is 47.9 Å². The second-order valence-electron chi connectivity index (χ2n) is 6.33. The highest BCUT2D eigenvalue weighted by atomic mass is 32.1. The maximum Gasteiger partial charge on any atom is 0.321 e. The van der Waals surface area contributed by atoms with E-state index in [0.717, 1.165) is 14.3 Å². The van der Waals surface area contributed by atoms with Crippen LogP contribution in [0.1, 0.15) is 16.1 Å². The summed E-state index contributed by atoms with van der Waals surface area (Å²) in [6.07, 6.45) is 0.710. The predicted octanol–water partition coefficient (Wildman–Crippen LogP) is 4.48. The van der Waals surface area contributed by atoms with Gasteiger partial charge in [0, 0.05) is 41.3 Å². The standard InChI is InChI=1S/C19H18FN3O2S2/c20-13-3-1-4-14(11-13)21-19(25)23-7-2-6-22(8-9-23)18(24)17-12-16-15(27-17)5-10-26-16/h1,3-5,10-12H,2,6-9H2,(H,21,25). The van der Waals surface area contributed by atoms with E-state index in [1.807, 2.05) is 22.4 Å². The first-order valence-electron chi connectivity index (χ1n) is 8.68. The van der Waals surface area contributed by atoms with E-state index in [4.69, 9.17) is 0 Å². The van der Waals surface area contributed by atoms with Gasteiger partial charge in [-0.15, -0.1) is 22.7 Å². The molecule has 3 heterocycles. The Balaban J connectivity index is 1.38. The van der Waals surface area contributed by atoms with Crippen molar-refractivity contribution in [2.24, 2.45) is 0 Å². The Morgan fingerprint density at radius 2 is 1.81 bits per heavy atom. The Labute approximate surface area is 164 Å². The number of benzene rings is 1. The lowest BCUT2D eigenvalue weighted by molar-refractivity contribution is 0.0767. The molecule has 1 aromatic carbocycles. The molecule has 0 saturated carbocycles. The molecule has 0 unspecified atom stereocenters. The van der Waals surface area contributed by atoms with E-state index >= 15 is 0 Å². The molecule has 1 saturated heterocycles. The lowest BCUT2D eigenvalue weighted by Gasteiger charge is -2.22. The number of nitrogens with one attached hydrogen (secondary N) is 1. The predicted molar refractivity (Wildman–Crippen MR) is 107 cm³/mol. The summed E-state index contributed by atoms with van der Waals surface area (Å²) in [6, 6.07) is 9.53. The number of nitrogens with zero attached hydrogens (tertiary/aromatic N) is 2. The molecular formula is C19H18FN3O2S2. The van der Waals surface area contributed by atoms with Crippen molar-refractivity contribution in [1.82, 2.24) is 9.80 Å². The van der Waals surface area contributed by atoms with Crippen LogP contribution in [0.2, 0.25) is 0 Å². The maximum atomic E-state index is 13.3. The van der Waals surface area contributed by atoms with Gasteiger partial charge in [-0.05, 0) is 42.1 Å². The lowest BCUT2D eigenvalue weighted by Crippen LogP contribution is -2.39. The number of hydrogen-bond acceptors (Lipinski definition) is 4. The van der Waals surface area contributed by atoms with Crippen molar-refractivity contribution in [1.29, 1.82) is 0 Å². The number of halogens is 1. The van der Waals surface area contributed by atoms with Crippen molar-refractivity contribution >= 4 is 49.7 Å². The van der Waals surface area contributed by atoms with Crippen LogP contribution in [-0.2, 0) is 0 Å². The summed E-state index contributed by atoms with van der Waals surface area (Å²) in [5, 5.41) is 4.74. The SMILES string of the molecule is O=C(Nc1cccc(F)c1)N1CCCN(C(=O)c2cc3sccc3s2)CC1. The quantitative estimate of drug-likeness (QED) is 0.686. The average molecular weight is 404 g/mol. The van der Waals surface area contributed by atoms with Crippen LogP contribution in [0.15, 0.2) is 41.8 Å². The Morgan fingerprint density at radius 3 is 2.63 bits per heavy atom. The second kappa shape index (κ2) is 7.66. The zero-order chi connectivity index (χ0) is 18.8. The van der Waals surface area contributed by atoms with Gasteiger partial charge in [0.15, 0.2) is 0 Å². The fourth-order valence-electron chi connectivity index (χ4n) is 3.12. The Morgan fingerprint density at radius 1 is 1.00 bits per heavy atom. The van der Waals surface area contributed by atoms with Gasteiger partial charge >= 0.3 is 6.03 Å². The summed E-state index contributed by atoms with van der Waals surface area (Å²) in [4.78, 5) is 29.5. The number of fused-ring (bicyclic) bond motifs is 1. The molecule has 0 spiro atoms. The lowest BCUT2D eigenvalue weighted by atomic mass is 10.3. The molecule has 3 amide bonds. The largest absolute Gasteiger partial charge is 0.336 e. The third kappa shape index (κ3) is 3.96. The highest BCUT2D eigenvalue weighted by Crippen LogP contribution is 2.30. The van der Waals surface area contributed by atoms with Gasteiger partial charge in [-0.1, -0.05) is 6.07 Å². The number of carbonyl (C=O) groups is 2. The van der Waals surface area contributed by atoms with Crippen molar-refractivity contribution in [2.45, 2.75) is 6.42 Å². The molecule has 8 heteroatoms. The van der Waals surface area contributed by atoms with E-state index in [9.17, 15) is 14.0 Å². The van der Waals surface area contributed by atoms with Gasteiger partial charge in [0.2, 0.25) is 0 Å². The zero-order valence-corrected chi connectivity index (χ0v) is 16.1. The Hall–Kier alpha value is -2.45. The van der Waals surface area contributed by atoms with E-state index in [1.165, 1.54) is 23.5 Å². The normalized spacial score (nSPS) is 15.0. The van der Waals surface area contributed by atoms with Crippen molar-refractivity contribution in [3.05, 3.63) is 52.5 Å². The Kier molecular flexibility index (Phi) is 5.09. The average Bonchev–Trinajstić information content (AvgIpc) is 3.15. The molecule has 0 bridgehead atoms. The highest BCUT2D eigenvalue weighted by Gasteiger charge is 2.24. The van der Waals surface area contributed by atoms with Crippen LogP contribution in [0, 0.1) is 5.82 Å². The number of rotatable bonds is 2. The fourth-order valence-corrected chi connectivity index (χ4v) is 5.20. The molecule has 140 valence electrons. The fraction of sp³-hybridized carbons (Fsp3) is 0.263. The first-order valence-corrected chi connectivity index (χ1v) is 10.4. The van der Waals surface area contributed by atoms with Crippen LogP contribution in [0.3, 0.4) is 0 Å². The minimum atomic E-state index is -0.392. The minimum absolute atomic E-state index is 0.0239. The van der Waals surface area contributed by atoms with E-state index in [0.29, 0.717) is 38.3 Å². The van der Waals surface area contributed by atoms with E-state index in [2.05, 4.69) is 5.32 Å². The third-order valence-corrected chi connectivity index (χ3v) is 6.58. The molecule has 1 aliphatic heterocycles. The van der Waals surface area contributed by atoms with Crippen molar-refractivity contribution < 1.29 is 14.0 Å². The summed E-state index contributed by atoms with van der Waals surface area (Å²) in [5.74, 6) is -0.368. The summed E-state index contributed by atoms with van der Waals surface area (Å²) >= 11 is 3.15. The minimum Gasteiger partial charge on any atom is -0.336 e. The van der Waals surface area contributed by atoms with Crippen LogP contribution in [0.5, 0.6) is 0 Å². The van der Waals surface area contributed by atoms with Gasteiger partial charge in [-0.2, -0.15) is 0 Å². The molecule has 1 aliphatic rings. The van der Waals surface area contributed by atoms with E-state index in [-0.39, 0.29) is 11.9 Å². The summed E-state index contributed by atoms with van der Waals surface area (Å²) in [7, 11) is 0. The first-order chi connectivity index (χ1) is 13.1.